The third-order valence-electron chi connectivity index (χ3n) is 6.76. The van der Waals surface area contributed by atoms with Crippen molar-refractivity contribution in [1.82, 2.24) is 4.57 Å². The SMILES string of the molecule is CCOC(=O)C1=C(C)N=c2sc(=Cc3cc(Br)c(OS(=O)(=O)c4ccc(C)cc4)c(OC)c3)c(=O)n2[C@@H]1c1ccc(Cl)cc1. The van der Waals surface area contributed by atoms with E-state index in [1.54, 1.807) is 68.5 Å². The Kier molecular flexibility index (Phi) is 9.17. The van der Waals surface area contributed by atoms with Gasteiger partial charge in [0.15, 0.2) is 16.3 Å². The number of hydrogen-bond donors (Lipinski definition) is 0. The summed E-state index contributed by atoms with van der Waals surface area (Å²) in [5.41, 5.74) is 2.43. The Morgan fingerprint density at radius 1 is 1.11 bits per heavy atom. The van der Waals surface area contributed by atoms with Crippen LogP contribution in [0.2, 0.25) is 5.02 Å². The highest BCUT2D eigenvalue weighted by molar-refractivity contribution is 9.10. The molecule has 3 aromatic carbocycles. The second-order valence-corrected chi connectivity index (χ2v) is 13.6. The highest BCUT2D eigenvalue weighted by atomic mass is 79.9. The molecule has 0 unspecified atom stereocenters. The summed E-state index contributed by atoms with van der Waals surface area (Å²) < 4.78 is 44.3. The number of ether oxygens (including phenoxy) is 2. The number of hydrogen-bond acceptors (Lipinski definition) is 9. The molecule has 0 amide bonds. The smallest absolute Gasteiger partial charge is 0.339 e. The maximum atomic E-state index is 13.9. The Bertz CT molecular complexity index is 2090. The molecule has 0 N–H and O–H groups in total. The average Bonchev–Trinajstić information content (AvgIpc) is 3.28. The molecule has 1 atom stereocenters. The zero-order chi connectivity index (χ0) is 31.8. The van der Waals surface area contributed by atoms with E-state index in [4.69, 9.17) is 25.3 Å². The summed E-state index contributed by atoms with van der Waals surface area (Å²) in [4.78, 5) is 32.0. The molecular weight excluding hydrogens is 692 g/mol. The van der Waals surface area contributed by atoms with Gasteiger partial charge in [0.1, 0.15) is 4.90 Å². The van der Waals surface area contributed by atoms with Crippen LogP contribution in [0.5, 0.6) is 11.5 Å². The molecule has 0 saturated heterocycles. The van der Waals surface area contributed by atoms with Crippen molar-refractivity contribution in [1.29, 1.82) is 0 Å². The molecule has 0 aliphatic carbocycles. The van der Waals surface area contributed by atoms with Gasteiger partial charge in [-0.05, 0) is 90.3 Å². The Morgan fingerprint density at radius 2 is 1.80 bits per heavy atom. The van der Waals surface area contributed by atoms with E-state index in [9.17, 15) is 18.0 Å². The molecule has 44 heavy (non-hydrogen) atoms. The minimum Gasteiger partial charge on any atom is -0.493 e. The number of halogens is 2. The third-order valence-corrected chi connectivity index (χ3v) is 9.81. The summed E-state index contributed by atoms with van der Waals surface area (Å²) in [7, 11) is -2.77. The predicted molar refractivity (Wildman–Crippen MR) is 172 cm³/mol. The van der Waals surface area contributed by atoms with Gasteiger partial charge in [0.2, 0.25) is 0 Å². The van der Waals surface area contributed by atoms with Gasteiger partial charge in [-0.25, -0.2) is 9.79 Å². The molecule has 4 aromatic rings. The molecule has 2 heterocycles. The van der Waals surface area contributed by atoms with E-state index < -0.39 is 22.1 Å². The Labute approximate surface area is 271 Å². The zero-order valence-electron chi connectivity index (χ0n) is 24.0. The van der Waals surface area contributed by atoms with Crippen molar-refractivity contribution in [2.24, 2.45) is 4.99 Å². The molecule has 1 aliphatic heterocycles. The van der Waals surface area contributed by atoms with Crippen LogP contribution in [-0.2, 0) is 19.6 Å². The maximum absolute atomic E-state index is 13.9. The van der Waals surface area contributed by atoms with Crippen LogP contribution in [0.4, 0.5) is 0 Å². The molecule has 0 bridgehead atoms. The van der Waals surface area contributed by atoms with E-state index >= 15 is 0 Å². The molecule has 0 saturated carbocycles. The minimum absolute atomic E-state index is 0.00466. The number of carbonyl (C=O) groups is 1. The van der Waals surface area contributed by atoms with Gasteiger partial charge in [-0.3, -0.25) is 9.36 Å². The fraction of sp³-hybridized carbons (Fsp3) is 0.194. The van der Waals surface area contributed by atoms with Crippen LogP contribution in [0.25, 0.3) is 6.08 Å². The van der Waals surface area contributed by atoms with Crippen molar-refractivity contribution in [3.05, 3.63) is 118 Å². The van der Waals surface area contributed by atoms with Gasteiger partial charge in [0, 0.05) is 5.02 Å². The van der Waals surface area contributed by atoms with Crippen molar-refractivity contribution in [3.8, 4) is 11.5 Å². The van der Waals surface area contributed by atoms with Crippen molar-refractivity contribution in [3.63, 3.8) is 0 Å². The topological polar surface area (TPSA) is 113 Å². The quantitative estimate of drug-likeness (QED) is 0.180. The standard InChI is InChI=1S/C31H26BrClN2O7S2/c1-5-41-30(37)26-18(3)34-31-35(27(26)20-8-10-21(33)11-9-20)29(36)25(43-31)16-19-14-23(32)28(24(15-19)40-4)42-44(38,39)22-12-6-17(2)7-13-22/h6-16,27H,5H2,1-4H3/t27-/m1/s1. The average molecular weight is 718 g/mol. The van der Waals surface area contributed by atoms with Gasteiger partial charge in [-0.2, -0.15) is 8.42 Å². The number of methoxy groups -OCH3 is 1. The van der Waals surface area contributed by atoms with Crippen LogP contribution >= 0.6 is 38.9 Å². The van der Waals surface area contributed by atoms with E-state index in [1.165, 1.54) is 23.8 Å². The van der Waals surface area contributed by atoms with Gasteiger partial charge >= 0.3 is 16.1 Å². The van der Waals surface area contributed by atoms with Crippen LogP contribution in [0, 0.1) is 6.92 Å². The summed E-state index contributed by atoms with van der Waals surface area (Å²) in [6.45, 7) is 5.43. The molecule has 0 spiro atoms. The van der Waals surface area contributed by atoms with Gasteiger partial charge in [-0.15, -0.1) is 0 Å². The minimum atomic E-state index is -4.16. The lowest BCUT2D eigenvalue weighted by Gasteiger charge is -2.24. The number of esters is 1. The highest BCUT2D eigenvalue weighted by Gasteiger charge is 2.33. The molecule has 0 fully saturated rings. The van der Waals surface area contributed by atoms with Gasteiger partial charge in [0.25, 0.3) is 5.56 Å². The molecule has 5 rings (SSSR count). The van der Waals surface area contributed by atoms with E-state index in [0.717, 1.165) is 16.9 Å². The number of aryl methyl sites for hydroxylation is 1. The third kappa shape index (κ3) is 6.25. The zero-order valence-corrected chi connectivity index (χ0v) is 27.9. The molecule has 9 nitrogen and oxygen atoms in total. The lowest BCUT2D eigenvalue weighted by molar-refractivity contribution is -0.139. The number of aromatic nitrogens is 1. The van der Waals surface area contributed by atoms with Crippen LogP contribution in [-0.4, -0.2) is 32.7 Å². The molecule has 13 heteroatoms. The van der Waals surface area contributed by atoms with Crippen LogP contribution < -0.4 is 23.8 Å². The van der Waals surface area contributed by atoms with Gasteiger partial charge in [0.05, 0.1) is 40.0 Å². The first-order chi connectivity index (χ1) is 20.9. The second-order valence-electron chi connectivity index (χ2n) is 9.74. The van der Waals surface area contributed by atoms with Crippen LogP contribution in [0.3, 0.4) is 0 Å². The van der Waals surface area contributed by atoms with Gasteiger partial charge in [-0.1, -0.05) is 52.8 Å². The first-order valence-corrected chi connectivity index (χ1v) is 16.7. The number of thiazole rings is 1. The Balaban J connectivity index is 1.60. The maximum Gasteiger partial charge on any atom is 0.339 e. The first kappa shape index (κ1) is 31.7. The largest absolute Gasteiger partial charge is 0.493 e. The summed E-state index contributed by atoms with van der Waals surface area (Å²) in [6, 6.07) is 15.6. The predicted octanol–water partition coefficient (Wildman–Crippen LogP) is 5.30. The lowest BCUT2D eigenvalue weighted by atomic mass is 9.96. The Hall–Kier alpha value is -3.71. The van der Waals surface area contributed by atoms with Crippen molar-refractivity contribution in [2.75, 3.05) is 13.7 Å². The molecule has 1 aromatic heterocycles. The van der Waals surface area contributed by atoms with Crippen molar-refractivity contribution >= 4 is 61.0 Å². The van der Waals surface area contributed by atoms with Crippen LogP contribution in [0.15, 0.2) is 91.1 Å². The molecule has 228 valence electrons. The molecule has 1 aliphatic rings. The van der Waals surface area contributed by atoms with E-state index in [-0.39, 0.29) is 34.1 Å². The van der Waals surface area contributed by atoms with Crippen LogP contribution in [0.1, 0.15) is 36.6 Å². The highest BCUT2D eigenvalue weighted by Crippen LogP contribution is 2.39. The summed E-state index contributed by atoms with van der Waals surface area (Å²) in [6.07, 6.45) is 1.64. The van der Waals surface area contributed by atoms with E-state index in [2.05, 4.69) is 20.9 Å². The number of allylic oxidation sites excluding steroid dienone is 1. The van der Waals surface area contributed by atoms with Crippen molar-refractivity contribution in [2.45, 2.75) is 31.7 Å². The number of benzene rings is 3. The normalized spacial score (nSPS) is 15.0. The van der Waals surface area contributed by atoms with E-state index in [0.29, 0.717) is 35.7 Å². The second kappa shape index (κ2) is 12.7. The lowest BCUT2D eigenvalue weighted by Crippen LogP contribution is -2.39. The fourth-order valence-electron chi connectivity index (χ4n) is 4.67. The Morgan fingerprint density at radius 3 is 2.43 bits per heavy atom. The number of rotatable bonds is 8. The number of carbonyl (C=O) groups excluding carboxylic acids is 1. The molecular formula is C31H26BrClN2O7S2. The summed E-state index contributed by atoms with van der Waals surface area (Å²) in [5, 5.41) is 0.512. The van der Waals surface area contributed by atoms with E-state index in [1.807, 2.05) is 6.92 Å². The first-order valence-electron chi connectivity index (χ1n) is 13.3. The van der Waals surface area contributed by atoms with Gasteiger partial charge < -0.3 is 13.7 Å². The summed E-state index contributed by atoms with van der Waals surface area (Å²) in [5.74, 6) is -0.467. The number of nitrogens with zero attached hydrogens (tertiary/aromatic N) is 2. The molecule has 0 radical (unpaired) electrons. The monoisotopic (exact) mass is 716 g/mol. The fourth-order valence-corrected chi connectivity index (χ4v) is 7.45. The van der Waals surface area contributed by atoms with Crippen molar-refractivity contribution < 1.29 is 26.9 Å². The number of fused-ring (bicyclic) bond motifs is 1. The summed E-state index contributed by atoms with van der Waals surface area (Å²) >= 11 is 10.7.